The zero-order chi connectivity index (χ0) is 13.2. The second-order valence-corrected chi connectivity index (χ2v) is 4.73. The topological polar surface area (TPSA) is 57.6 Å². The maximum absolute atomic E-state index is 6.19. The van der Waals surface area contributed by atoms with E-state index in [2.05, 4.69) is 0 Å². The predicted octanol–water partition coefficient (Wildman–Crippen LogP) is 3.14. The molecule has 100 valence electrons. The fourth-order valence-corrected chi connectivity index (χ4v) is 2.31. The van der Waals surface area contributed by atoms with Crippen molar-refractivity contribution < 1.29 is 13.9 Å². The molecule has 0 bridgehead atoms. The van der Waals surface area contributed by atoms with Gasteiger partial charge in [0.25, 0.3) is 0 Å². The van der Waals surface area contributed by atoms with E-state index in [9.17, 15) is 0 Å². The third-order valence-electron chi connectivity index (χ3n) is 3.11. The highest BCUT2D eigenvalue weighted by Crippen LogP contribution is 2.34. The van der Waals surface area contributed by atoms with Gasteiger partial charge in [-0.25, -0.2) is 0 Å². The summed E-state index contributed by atoms with van der Waals surface area (Å²) < 4.78 is 16.3. The molecule has 0 spiro atoms. The van der Waals surface area contributed by atoms with Crippen LogP contribution in [0.5, 0.6) is 11.5 Å². The molecule has 0 aliphatic carbocycles. The number of furan rings is 1. The Hall–Kier alpha value is -1.65. The molecule has 1 aromatic carbocycles. The van der Waals surface area contributed by atoms with Gasteiger partial charge >= 0.3 is 0 Å². The minimum absolute atomic E-state index is 0.319. The van der Waals surface area contributed by atoms with Crippen LogP contribution in [0.4, 0.5) is 0 Å². The number of benzene rings is 1. The van der Waals surface area contributed by atoms with Crippen molar-refractivity contribution in [2.75, 3.05) is 13.2 Å². The monoisotopic (exact) mass is 279 g/mol. The summed E-state index contributed by atoms with van der Waals surface area (Å²) in [5, 5.41) is 0.319. The van der Waals surface area contributed by atoms with E-state index in [1.165, 1.54) is 6.26 Å². The number of hydrogen-bond donors (Lipinski definition) is 1. The van der Waals surface area contributed by atoms with Crippen LogP contribution in [0.15, 0.2) is 34.9 Å². The number of rotatable bonds is 2. The fourth-order valence-electron chi connectivity index (χ4n) is 2.08. The van der Waals surface area contributed by atoms with Crippen LogP contribution in [-0.2, 0) is 0 Å². The highest BCUT2D eigenvalue weighted by molar-refractivity contribution is 6.29. The van der Waals surface area contributed by atoms with Crippen LogP contribution in [0.25, 0.3) is 0 Å². The molecule has 1 aromatic heterocycles. The Morgan fingerprint density at radius 1 is 1.11 bits per heavy atom. The summed E-state index contributed by atoms with van der Waals surface area (Å²) in [6.07, 6.45) is 2.41. The van der Waals surface area contributed by atoms with Crippen LogP contribution < -0.4 is 15.2 Å². The second-order valence-electron chi connectivity index (χ2n) is 4.38. The van der Waals surface area contributed by atoms with Gasteiger partial charge < -0.3 is 19.6 Å². The molecule has 1 unspecified atom stereocenters. The molecule has 5 heteroatoms. The fraction of sp³-hybridized carbons (Fsp3) is 0.286. The predicted molar refractivity (Wildman–Crippen MR) is 71.8 cm³/mol. The molecule has 0 saturated carbocycles. The number of fused-ring (bicyclic) bond motifs is 1. The minimum Gasteiger partial charge on any atom is -0.490 e. The van der Waals surface area contributed by atoms with E-state index in [-0.39, 0.29) is 6.04 Å². The zero-order valence-electron chi connectivity index (χ0n) is 10.3. The Labute approximate surface area is 116 Å². The van der Waals surface area contributed by atoms with E-state index < -0.39 is 0 Å². The van der Waals surface area contributed by atoms with Crippen LogP contribution in [0.1, 0.15) is 23.6 Å². The van der Waals surface area contributed by atoms with E-state index in [1.54, 1.807) is 6.07 Å². The van der Waals surface area contributed by atoms with Gasteiger partial charge in [0, 0.05) is 12.0 Å². The highest BCUT2D eigenvalue weighted by atomic mass is 35.5. The van der Waals surface area contributed by atoms with Gasteiger partial charge in [0.05, 0.1) is 25.5 Å². The van der Waals surface area contributed by atoms with E-state index in [0.29, 0.717) is 18.4 Å². The summed E-state index contributed by atoms with van der Waals surface area (Å²) in [6.45, 7) is 1.32. The number of nitrogens with two attached hydrogens (primary N) is 1. The third-order valence-corrected chi connectivity index (χ3v) is 3.42. The second kappa shape index (κ2) is 5.15. The molecule has 1 atom stereocenters. The van der Waals surface area contributed by atoms with E-state index in [0.717, 1.165) is 29.0 Å². The molecule has 19 heavy (non-hydrogen) atoms. The van der Waals surface area contributed by atoms with Gasteiger partial charge in [-0.15, -0.1) is 0 Å². The molecule has 0 amide bonds. The van der Waals surface area contributed by atoms with Gasteiger partial charge in [0.15, 0.2) is 16.7 Å². The first-order chi connectivity index (χ1) is 9.25. The van der Waals surface area contributed by atoms with Crippen molar-refractivity contribution in [3.05, 3.63) is 46.9 Å². The molecule has 1 aliphatic rings. The number of hydrogen-bond acceptors (Lipinski definition) is 4. The summed E-state index contributed by atoms with van der Waals surface area (Å²) >= 11 is 5.95. The van der Waals surface area contributed by atoms with Crippen LogP contribution in [-0.4, -0.2) is 13.2 Å². The molecule has 0 radical (unpaired) electrons. The molecule has 2 N–H and O–H groups in total. The number of ether oxygens (including phenoxy) is 2. The third kappa shape index (κ3) is 2.41. The molecular weight excluding hydrogens is 266 g/mol. The van der Waals surface area contributed by atoms with Gasteiger partial charge in [0.1, 0.15) is 0 Å². The van der Waals surface area contributed by atoms with Crippen molar-refractivity contribution >= 4 is 11.6 Å². The quantitative estimate of drug-likeness (QED) is 0.917. The van der Waals surface area contributed by atoms with Gasteiger partial charge in [-0.2, -0.15) is 0 Å². The van der Waals surface area contributed by atoms with Crippen molar-refractivity contribution in [1.82, 2.24) is 0 Å². The van der Waals surface area contributed by atoms with Crippen LogP contribution >= 0.6 is 11.6 Å². The van der Waals surface area contributed by atoms with Gasteiger partial charge in [-0.3, -0.25) is 0 Å². The van der Waals surface area contributed by atoms with Crippen molar-refractivity contribution in [2.45, 2.75) is 12.5 Å². The van der Waals surface area contributed by atoms with Crippen LogP contribution in [0, 0.1) is 0 Å². The summed E-state index contributed by atoms with van der Waals surface area (Å²) in [4.78, 5) is 0. The molecule has 0 fully saturated rings. The summed E-state index contributed by atoms with van der Waals surface area (Å²) in [5.74, 6) is 1.48. The molecule has 3 rings (SSSR count). The van der Waals surface area contributed by atoms with Crippen molar-refractivity contribution in [3.8, 4) is 11.5 Å². The lowest BCUT2D eigenvalue weighted by Crippen LogP contribution is -2.11. The van der Waals surface area contributed by atoms with E-state index in [1.807, 2.05) is 18.2 Å². The highest BCUT2D eigenvalue weighted by Gasteiger charge is 2.18. The normalized spacial score (nSPS) is 15.9. The Morgan fingerprint density at radius 3 is 2.63 bits per heavy atom. The smallest absolute Gasteiger partial charge is 0.198 e. The Balaban J connectivity index is 1.93. The van der Waals surface area contributed by atoms with Gasteiger partial charge in [0.2, 0.25) is 0 Å². The van der Waals surface area contributed by atoms with Gasteiger partial charge in [-0.1, -0.05) is 6.07 Å². The summed E-state index contributed by atoms with van der Waals surface area (Å²) in [5.41, 5.74) is 7.86. The molecular formula is C14H14ClNO3. The molecule has 4 nitrogen and oxygen atoms in total. The largest absolute Gasteiger partial charge is 0.490 e. The molecule has 2 heterocycles. The molecule has 1 aliphatic heterocycles. The Kier molecular flexibility index (Phi) is 3.36. The average Bonchev–Trinajstić information content (AvgIpc) is 2.72. The van der Waals surface area contributed by atoms with Crippen LogP contribution in [0.2, 0.25) is 5.22 Å². The number of halogens is 1. The van der Waals surface area contributed by atoms with E-state index in [4.69, 9.17) is 31.2 Å². The van der Waals surface area contributed by atoms with Crippen molar-refractivity contribution in [3.63, 3.8) is 0 Å². The lowest BCUT2D eigenvalue weighted by atomic mass is 10.0. The molecule has 0 saturated heterocycles. The summed E-state index contributed by atoms with van der Waals surface area (Å²) in [7, 11) is 0. The summed E-state index contributed by atoms with van der Waals surface area (Å²) in [6, 6.07) is 7.12. The van der Waals surface area contributed by atoms with Crippen molar-refractivity contribution in [2.24, 2.45) is 5.73 Å². The first-order valence-electron chi connectivity index (χ1n) is 6.14. The maximum Gasteiger partial charge on any atom is 0.198 e. The SMILES string of the molecule is NC(c1ccc2c(c1)OCCCO2)c1ccoc1Cl. The zero-order valence-corrected chi connectivity index (χ0v) is 11.0. The average molecular weight is 280 g/mol. The lowest BCUT2D eigenvalue weighted by molar-refractivity contribution is 0.297. The van der Waals surface area contributed by atoms with E-state index >= 15 is 0 Å². The van der Waals surface area contributed by atoms with Crippen molar-refractivity contribution in [1.29, 1.82) is 0 Å². The van der Waals surface area contributed by atoms with Gasteiger partial charge in [-0.05, 0) is 35.4 Å². The van der Waals surface area contributed by atoms with Crippen LogP contribution in [0.3, 0.4) is 0 Å². The Bertz CT molecular complexity index is 582. The lowest BCUT2D eigenvalue weighted by Gasteiger charge is -2.14. The first kappa shape index (κ1) is 12.4. The Morgan fingerprint density at radius 2 is 1.89 bits per heavy atom. The first-order valence-corrected chi connectivity index (χ1v) is 6.51. The standard InChI is InChI=1S/C14H14ClNO3/c15-14-10(4-7-19-14)13(16)9-2-3-11-12(8-9)18-6-1-5-17-11/h2-4,7-8,13H,1,5-6,16H2. The maximum atomic E-state index is 6.19. The molecule has 2 aromatic rings. The minimum atomic E-state index is -0.344.